The molecule has 0 bridgehead atoms. The first-order valence-corrected chi connectivity index (χ1v) is 8.60. The summed E-state index contributed by atoms with van der Waals surface area (Å²) in [7, 11) is 0. The number of hydrogen-bond donors (Lipinski definition) is 2. The Bertz CT molecular complexity index is 608. The highest BCUT2D eigenvalue weighted by atomic mass is 16.5. The van der Waals surface area contributed by atoms with Gasteiger partial charge in [-0.2, -0.15) is 0 Å². The van der Waals surface area contributed by atoms with Gasteiger partial charge in [0.1, 0.15) is 5.75 Å². The van der Waals surface area contributed by atoms with Crippen LogP contribution in [-0.4, -0.2) is 19.2 Å². The lowest BCUT2D eigenvalue weighted by Gasteiger charge is -2.11. The van der Waals surface area contributed by atoms with Gasteiger partial charge in [0.2, 0.25) is 0 Å². The molecular formula is C20H26N2O. The van der Waals surface area contributed by atoms with Crippen molar-refractivity contribution in [2.45, 2.75) is 38.1 Å². The lowest BCUT2D eigenvalue weighted by atomic mass is 10.1. The molecule has 1 aliphatic rings. The minimum atomic E-state index is 0.652. The van der Waals surface area contributed by atoms with Crippen LogP contribution in [0, 0.1) is 0 Å². The first kappa shape index (κ1) is 15.9. The number of nitrogen functional groups attached to an aromatic ring is 1. The van der Waals surface area contributed by atoms with E-state index in [9.17, 15) is 0 Å². The summed E-state index contributed by atoms with van der Waals surface area (Å²) >= 11 is 0. The summed E-state index contributed by atoms with van der Waals surface area (Å²) in [5.41, 5.74) is 9.43. The van der Waals surface area contributed by atoms with Crippen molar-refractivity contribution in [3.63, 3.8) is 0 Å². The average Bonchev–Trinajstić information content (AvgIpc) is 3.39. The summed E-state index contributed by atoms with van der Waals surface area (Å²) in [6, 6.07) is 17.3. The summed E-state index contributed by atoms with van der Waals surface area (Å²) < 4.78 is 5.82. The van der Waals surface area contributed by atoms with Gasteiger partial charge in [0.25, 0.3) is 0 Å². The minimum absolute atomic E-state index is 0.652. The second-order valence-electron chi connectivity index (χ2n) is 6.29. The van der Waals surface area contributed by atoms with Crippen molar-refractivity contribution in [1.29, 1.82) is 0 Å². The van der Waals surface area contributed by atoms with Crippen LogP contribution >= 0.6 is 0 Å². The lowest BCUT2D eigenvalue weighted by Crippen LogP contribution is -2.17. The first-order valence-electron chi connectivity index (χ1n) is 8.60. The molecule has 3 nitrogen and oxygen atoms in total. The zero-order valence-corrected chi connectivity index (χ0v) is 13.6. The van der Waals surface area contributed by atoms with Crippen LogP contribution in [-0.2, 0) is 12.8 Å². The highest BCUT2D eigenvalue weighted by molar-refractivity contribution is 5.54. The fourth-order valence-electron chi connectivity index (χ4n) is 2.69. The van der Waals surface area contributed by atoms with Crippen molar-refractivity contribution in [2.75, 3.05) is 18.9 Å². The third-order valence-electron chi connectivity index (χ3n) is 4.22. The molecule has 0 radical (unpaired) electrons. The van der Waals surface area contributed by atoms with E-state index in [1.165, 1.54) is 24.0 Å². The number of benzene rings is 2. The van der Waals surface area contributed by atoms with Crippen molar-refractivity contribution >= 4 is 5.69 Å². The Hall–Kier alpha value is -2.00. The molecule has 0 aliphatic heterocycles. The van der Waals surface area contributed by atoms with E-state index in [-0.39, 0.29) is 0 Å². The van der Waals surface area contributed by atoms with Gasteiger partial charge in [0.05, 0.1) is 12.3 Å². The zero-order chi connectivity index (χ0) is 15.9. The fraction of sp³-hybridized carbons (Fsp3) is 0.400. The van der Waals surface area contributed by atoms with Crippen molar-refractivity contribution in [2.24, 2.45) is 0 Å². The SMILES string of the molecule is Nc1cc(CCCNC2CC2)ccc1OCCc1ccccc1. The summed E-state index contributed by atoms with van der Waals surface area (Å²) in [6.45, 7) is 1.75. The molecule has 23 heavy (non-hydrogen) atoms. The zero-order valence-electron chi connectivity index (χ0n) is 13.6. The molecule has 1 fully saturated rings. The Morgan fingerprint density at radius 2 is 1.83 bits per heavy atom. The molecule has 3 N–H and O–H groups in total. The Balaban J connectivity index is 1.42. The molecule has 0 spiro atoms. The van der Waals surface area contributed by atoms with Crippen molar-refractivity contribution in [1.82, 2.24) is 5.32 Å². The smallest absolute Gasteiger partial charge is 0.142 e. The van der Waals surface area contributed by atoms with Gasteiger partial charge in [0, 0.05) is 12.5 Å². The van der Waals surface area contributed by atoms with Crippen LogP contribution in [0.5, 0.6) is 5.75 Å². The first-order chi connectivity index (χ1) is 11.3. The molecule has 1 saturated carbocycles. The number of rotatable bonds is 9. The second kappa shape index (κ2) is 8.02. The summed E-state index contributed by atoms with van der Waals surface area (Å²) in [4.78, 5) is 0. The molecule has 0 heterocycles. The standard InChI is InChI=1S/C20H26N2O/c21-19-15-17(7-4-13-22-18-9-10-18)8-11-20(19)23-14-12-16-5-2-1-3-6-16/h1-3,5-6,8,11,15,18,22H,4,7,9-10,12-14,21H2. The van der Waals surface area contributed by atoms with E-state index >= 15 is 0 Å². The molecule has 0 aromatic heterocycles. The Morgan fingerprint density at radius 3 is 2.57 bits per heavy atom. The predicted molar refractivity (Wildman–Crippen MR) is 95.8 cm³/mol. The maximum Gasteiger partial charge on any atom is 0.142 e. The Kier molecular flexibility index (Phi) is 5.54. The Labute approximate surface area is 138 Å². The summed E-state index contributed by atoms with van der Waals surface area (Å²) in [5.74, 6) is 0.792. The molecule has 2 aromatic rings. The minimum Gasteiger partial charge on any atom is -0.491 e. The third-order valence-corrected chi connectivity index (χ3v) is 4.22. The van der Waals surface area contributed by atoms with Crippen LogP contribution in [0.3, 0.4) is 0 Å². The van der Waals surface area contributed by atoms with E-state index in [4.69, 9.17) is 10.5 Å². The van der Waals surface area contributed by atoms with E-state index in [1.807, 2.05) is 12.1 Å². The van der Waals surface area contributed by atoms with E-state index in [1.54, 1.807) is 0 Å². The number of anilines is 1. The van der Waals surface area contributed by atoms with Gasteiger partial charge < -0.3 is 15.8 Å². The third kappa shape index (κ3) is 5.29. The van der Waals surface area contributed by atoms with Gasteiger partial charge in [-0.25, -0.2) is 0 Å². The lowest BCUT2D eigenvalue weighted by molar-refractivity contribution is 0.323. The predicted octanol–water partition coefficient (Wildman–Crippen LogP) is 3.57. The Morgan fingerprint density at radius 1 is 1.00 bits per heavy atom. The molecule has 0 saturated heterocycles. The van der Waals surface area contributed by atoms with E-state index in [2.05, 4.69) is 41.7 Å². The van der Waals surface area contributed by atoms with Gasteiger partial charge in [-0.1, -0.05) is 36.4 Å². The molecule has 0 unspecified atom stereocenters. The molecule has 0 amide bonds. The molecule has 0 atom stereocenters. The van der Waals surface area contributed by atoms with Crippen LogP contribution in [0.15, 0.2) is 48.5 Å². The van der Waals surface area contributed by atoms with E-state index < -0.39 is 0 Å². The highest BCUT2D eigenvalue weighted by Gasteiger charge is 2.19. The maximum atomic E-state index is 6.12. The number of hydrogen-bond acceptors (Lipinski definition) is 3. The fourth-order valence-corrected chi connectivity index (χ4v) is 2.69. The average molecular weight is 310 g/mol. The molecule has 3 rings (SSSR count). The van der Waals surface area contributed by atoms with Gasteiger partial charge in [0.15, 0.2) is 0 Å². The highest BCUT2D eigenvalue weighted by Crippen LogP contribution is 2.23. The number of nitrogens with two attached hydrogens (primary N) is 1. The van der Waals surface area contributed by atoms with Crippen LogP contribution in [0.25, 0.3) is 0 Å². The summed E-state index contributed by atoms with van der Waals surface area (Å²) in [5, 5.41) is 3.54. The molecular weight excluding hydrogens is 284 g/mol. The van der Waals surface area contributed by atoms with Crippen LogP contribution < -0.4 is 15.8 Å². The number of ether oxygens (including phenoxy) is 1. The molecule has 122 valence electrons. The summed E-state index contributed by atoms with van der Waals surface area (Å²) in [6.07, 6.45) is 5.82. The van der Waals surface area contributed by atoms with E-state index in [0.29, 0.717) is 6.61 Å². The van der Waals surface area contributed by atoms with Crippen molar-refractivity contribution < 1.29 is 4.74 Å². The van der Waals surface area contributed by atoms with Gasteiger partial charge in [-0.05, 0) is 55.5 Å². The quantitative estimate of drug-likeness (QED) is 0.550. The number of nitrogens with one attached hydrogen (secondary N) is 1. The van der Waals surface area contributed by atoms with Crippen LogP contribution in [0.4, 0.5) is 5.69 Å². The maximum absolute atomic E-state index is 6.12. The van der Waals surface area contributed by atoms with E-state index in [0.717, 1.165) is 43.3 Å². The van der Waals surface area contributed by atoms with Gasteiger partial charge in [-0.3, -0.25) is 0 Å². The monoisotopic (exact) mass is 310 g/mol. The second-order valence-corrected chi connectivity index (χ2v) is 6.29. The topological polar surface area (TPSA) is 47.3 Å². The van der Waals surface area contributed by atoms with Crippen molar-refractivity contribution in [3.05, 3.63) is 59.7 Å². The molecule has 1 aliphatic carbocycles. The van der Waals surface area contributed by atoms with Crippen LogP contribution in [0.1, 0.15) is 30.4 Å². The van der Waals surface area contributed by atoms with Crippen molar-refractivity contribution in [3.8, 4) is 5.75 Å². The molecule has 2 aromatic carbocycles. The normalized spacial score (nSPS) is 13.9. The largest absolute Gasteiger partial charge is 0.491 e. The van der Waals surface area contributed by atoms with Gasteiger partial charge in [-0.15, -0.1) is 0 Å². The van der Waals surface area contributed by atoms with Crippen LogP contribution in [0.2, 0.25) is 0 Å². The number of aryl methyl sites for hydroxylation is 1. The molecule has 3 heteroatoms. The van der Waals surface area contributed by atoms with Gasteiger partial charge >= 0.3 is 0 Å².